The third-order valence-corrected chi connectivity index (χ3v) is 9.44. The van der Waals surface area contributed by atoms with Crippen LogP contribution in [0, 0.1) is 31.1 Å². The smallest absolute Gasteiger partial charge is 0.253 e. The van der Waals surface area contributed by atoms with E-state index in [1.165, 1.54) is 25.7 Å². The fraction of sp³-hybridized carbons (Fsp3) is 0.692. The van der Waals surface area contributed by atoms with Crippen LogP contribution in [0.15, 0.2) is 21.8 Å². The van der Waals surface area contributed by atoms with E-state index in [2.05, 4.69) is 55.5 Å². The maximum absolute atomic E-state index is 13.2. The van der Waals surface area contributed by atoms with Crippen LogP contribution in [0.4, 0.5) is 0 Å². The number of pyridine rings is 1. The molecule has 3 rings (SSSR count). The van der Waals surface area contributed by atoms with Gasteiger partial charge < -0.3 is 15.2 Å². The van der Waals surface area contributed by atoms with Gasteiger partial charge in [-0.15, -0.1) is 11.8 Å². The Kier molecular flexibility index (Phi) is 7.97. The number of hydrogen-bond acceptors (Lipinski definition) is 4. The van der Waals surface area contributed by atoms with Crippen molar-refractivity contribution >= 4 is 17.7 Å². The zero-order valence-electron chi connectivity index (χ0n) is 20.9. The molecule has 1 aliphatic carbocycles. The monoisotopic (exact) mass is 459 g/mol. The standard InChI is InChI=1S/C26H41N3O2S/c1-8-20(18-9-11-19(12-10-18)29(6)7)23-26(4,5)22(15-32-23)25(31)27-14-21-16(2)13-17(3)28-24(21)30/h13,15,18-20,23H,8-12,14H2,1-7H3,(H,27,31)(H,28,30)/t18-,19+,20?,23?. The average molecular weight is 460 g/mol. The molecule has 0 bridgehead atoms. The molecule has 2 unspecified atom stereocenters. The minimum Gasteiger partial charge on any atom is -0.348 e. The van der Waals surface area contributed by atoms with Crippen molar-refractivity contribution in [3.63, 3.8) is 0 Å². The molecule has 1 saturated carbocycles. The minimum atomic E-state index is -0.192. The number of hydrogen-bond donors (Lipinski definition) is 2. The van der Waals surface area contributed by atoms with Crippen molar-refractivity contribution in [3.05, 3.63) is 44.2 Å². The van der Waals surface area contributed by atoms with Crippen molar-refractivity contribution in [1.82, 2.24) is 15.2 Å². The second-order valence-electron chi connectivity index (χ2n) is 10.5. The summed E-state index contributed by atoms with van der Waals surface area (Å²) in [4.78, 5) is 30.7. The minimum absolute atomic E-state index is 0.0458. The SMILES string of the molecule is CCC(C1SC=C(C(=O)NCc2c(C)cc(C)[nH]c2=O)C1(C)C)[C@H]1CC[C@@H](N(C)C)CC1. The number of nitrogens with zero attached hydrogens (tertiary/aromatic N) is 1. The molecule has 2 atom stereocenters. The quantitative estimate of drug-likeness (QED) is 0.616. The Morgan fingerprint density at radius 1 is 1.25 bits per heavy atom. The molecule has 0 aromatic carbocycles. The van der Waals surface area contributed by atoms with E-state index in [-0.39, 0.29) is 23.4 Å². The van der Waals surface area contributed by atoms with Crippen LogP contribution in [0.1, 0.15) is 69.7 Å². The number of nitrogens with one attached hydrogen (secondary N) is 2. The Morgan fingerprint density at radius 3 is 2.47 bits per heavy atom. The van der Waals surface area contributed by atoms with Gasteiger partial charge in [0.2, 0.25) is 5.91 Å². The van der Waals surface area contributed by atoms with E-state index in [9.17, 15) is 9.59 Å². The van der Waals surface area contributed by atoms with Gasteiger partial charge in [0.15, 0.2) is 0 Å². The van der Waals surface area contributed by atoms with Gasteiger partial charge in [0.1, 0.15) is 0 Å². The van der Waals surface area contributed by atoms with Gasteiger partial charge in [-0.25, -0.2) is 0 Å². The normalized spacial score (nSPS) is 26.1. The van der Waals surface area contributed by atoms with Gasteiger partial charge in [-0.1, -0.05) is 27.2 Å². The third kappa shape index (κ3) is 5.17. The van der Waals surface area contributed by atoms with E-state index >= 15 is 0 Å². The highest BCUT2D eigenvalue weighted by molar-refractivity contribution is 8.03. The van der Waals surface area contributed by atoms with Crippen molar-refractivity contribution in [2.75, 3.05) is 14.1 Å². The van der Waals surface area contributed by atoms with Crippen LogP contribution < -0.4 is 10.9 Å². The zero-order chi connectivity index (χ0) is 23.6. The number of H-pyrrole nitrogens is 1. The highest BCUT2D eigenvalue weighted by Gasteiger charge is 2.46. The molecule has 178 valence electrons. The maximum Gasteiger partial charge on any atom is 0.253 e. The first-order valence-corrected chi connectivity index (χ1v) is 13.0. The van der Waals surface area contributed by atoms with Gasteiger partial charge in [0, 0.05) is 40.1 Å². The summed E-state index contributed by atoms with van der Waals surface area (Å²) in [6.07, 6.45) is 6.27. The number of carbonyl (C=O) groups is 1. The number of amides is 1. The molecule has 6 heteroatoms. The van der Waals surface area contributed by atoms with Crippen LogP contribution in [-0.2, 0) is 11.3 Å². The van der Waals surface area contributed by atoms with E-state index in [0.717, 1.165) is 29.2 Å². The Labute approximate surface area is 197 Å². The molecule has 1 fully saturated rings. The van der Waals surface area contributed by atoms with Gasteiger partial charge in [-0.3, -0.25) is 9.59 Å². The molecule has 2 N–H and O–H groups in total. The average Bonchev–Trinajstić information content (AvgIpc) is 3.03. The molecule has 1 aliphatic heterocycles. The first-order chi connectivity index (χ1) is 15.1. The van der Waals surface area contributed by atoms with Crippen molar-refractivity contribution in [3.8, 4) is 0 Å². The van der Waals surface area contributed by atoms with Crippen LogP contribution in [0.25, 0.3) is 0 Å². The first-order valence-electron chi connectivity index (χ1n) is 12.1. The number of aromatic amines is 1. The highest BCUT2D eigenvalue weighted by Crippen LogP contribution is 2.53. The predicted octanol–water partition coefficient (Wildman–Crippen LogP) is 4.78. The molecule has 0 radical (unpaired) electrons. The highest BCUT2D eigenvalue weighted by atomic mass is 32.2. The van der Waals surface area contributed by atoms with Gasteiger partial charge in [-0.2, -0.15) is 0 Å². The van der Waals surface area contributed by atoms with E-state index in [1.54, 1.807) is 0 Å². The lowest BCUT2D eigenvalue weighted by Gasteiger charge is -2.42. The maximum atomic E-state index is 13.2. The summed E-state index contributed by atoms with van der Waals surface area (Å²) in [5.41, 5.74) is 2.93. The van der Waals surface area contributed by atoms with Gasteiger partial charge in [0.05, 0.1) is 0 Å². The van der Waals surface area contributed by atoms with Crippen LogP contribution in [-0.4, -0.2) is 41.2 Å². The largest absolute Gasteiger partial charge is 0.348 e. The summed E-state index contributed by atoms with van der Waals surface area (Å²) < 4.78 is 0. The number of rotatable bonds is 7. The lowest BCUT2D eigenvalue weighted by Crippen LogP contribution is -2.42. The Hall–Kier alpha value is -1.53. The summed E-state index contributed by atoms with van der Waals surface area (Å²) in [5, 5.41) is 5.53. The second-order valence-corrected chi connectivity index (χ2v) is 11.6. The molecule has 1 aromatic rings. The molecule has 2 aliphatic rings. The number of thioether (sulfide) groups is 1. The van der Waals surface area contributed by atoms with Crippen molar-refractivity contribution < 1.29 is 4.79 Å². The molecule has 1 aromatic heterocycles. The van der Waals surface area contributed by atoms with Crippen LogP contribution in [0.2, 0.25) is 0 Å². The van der Waals surface area contributed by atoms with Crippen LogP contribution in [0.5, 0.6) is 0 Å². The fourth-order valence-corrected chi connectivity index (χ4v) is 7.58. The summed E-state index contributed by atoms with van der Waals surface area (Å²) in [6, 6.07) is 2.66. The van der Waals surface area contributed by atoms with Crippen molar-refractivity contribution in [2.24, 2.45) is 17.3 Å². The summed E-state index contributed by atoms with van der Waals surface area (Å²) in [6.45, 7) is 10.8. The lowest BCUT2D eigenvalue weighted by atomic mass is 9.68. The lowest BCUT2D eigenvalue weighted by molar-refractivity contribution is -0.118. The predicted molar refractivity (Wildman–Crippen MR) is 135 cm³/mol. The third-order valence-electron chi connectivity index (χ3n) is 7.84. The summed E-state index contributed by atoms with van der Waals surface area (Å²) >= 11 is 1.85. The number of aromatic nitrogens is 1. The number of carbonyl (C=O) groups excluding carboxylic acids is 1. The van der Waals surface area contributed by atoms with Crippen LogP contribution >= 0.6 is 11.8 Å². The zero-order valence-corrected chi connectivity index (χ0v) is 21.7. The fourth-order valence-electron chi connectivity index (χ4n) is 5.80. The van der Waals surface area contributed by atoms with Crippen LogP contribution in [0.3, 0.4) is 0 Å². The number of aryl methyl sites for hydroxylation is 2. The van der Waals surface area contributed by atoms with Crippen molar-refractivity contribution in [2.45, 2.75) is 84.6 Å². The van der Waals surface area contributed by atoms with Gasteiger partial charge >= 0.3 is 0 Å². The Morgan fingerprint density at radius 2 is 1.91 bits per heavy atom. The molecule has 1 amide bonds. The van der Waals surface area contributed by atoms with Gasteiger partial charge in [-0.05, 0) is 82.5 Å². The molecule has 5 nitrogen and oxygen atoms in total. The van der Waals surface area contributed by atoms with E-state index in [4.69, 9.17) is 0 Å². The van der Waals surface area contributed by atoms with E-state index in [1.807, 2.05) is 31.7 Å². The van der Waals surface area contributed by atoms with Crippen molar-refractivity contribution in [1.29, 1.82) is 0 Å². The second kappa shape index (κ2) is 10.2. The molecule has 2 heterocycles. The molecular formula is C26H41N3O2S. The Balaban J connectivity index is 1.66. The van der Waals surface area contributed by atoms with E-state index in [0.29, 0.717) is 22.8 Å². The van der Waals surface area contributed by atoms with E-state index < -0.39 is 0 Å². The van der Waals surface area contributed by atoms with Gasteiger partial charge in [0.25, 0.3) is 5.56 Å². The summed E-state index contributed by atoms with van der Waals surface area (Å²) in [7, 11) is 4.39. The molecule has 0 saturated heterocycles. The molecule has 32 heavy (non-hydrogen) atoms. The molecular weight excluding hydrogens is 418 g/mol. The molecule has 0 spiro atoms. The topological polar surface area (TPSA) is 65.2 Å². The summed E-state index contributed by atoms with van der Waals surface area (Å²) in [5.74, 6) is 1.30. The Bertz CT molecular complexity index is 910. The first kappa shape index (κ1) is 25.1.